The van der Waals surface area contributed by atoms with E-state index in [1.807, 2.05) is 61.3 Å². The van der Waals surface area contributed by atoms with Crippen molar-refractivity contribution in [1.82, 2.24) is 29.9 Å². The minimum Gasteiger partial charge on any atom is -0.356 e. The lowest BCUT2D eigenvalue weighted by Crippen LogP contribution is -2.20. The third-order valence-corrected chi connectivity index (χ3v) is 7.91. The number of nitrogens with one attached hydrogen (secondary N) is 1. The molecule has 0 radical (unpaired) electrons. The molecule has 0 spiro atoms. The minimum absolute atomic E-state index is 0. The summed E-state index contributed by atoms with van der Waals surface area (Å²) in [6, 6.07) is 29.0. The Hall–Kier alpha value is -4.59. The molecule has 1 N–H and O–H groups in total. The van der Waals surface area contributed by atoms with E-state index in [0.717, 1.165) is 59.2 Å². The largest absolute Gasteiger partial charge is 0.356 e. The fourth-order valence-corrected chi connectivity index (χ4v) is 5.63. The highest BCUT2D eigenvalue weighted by molar-refractivity contribution is 5.85. The molecule has 0 bridgehead atoms. The first kappa shape index (κ1) is 31.8. The van der Waals surface area contributed by atoms with Crippen molar-refractivity contribution in [2.45, 2.75) is 53.2 Å². The molecule has 4 aromatic heterocycles. The normalized spacial score (nSPS) is 14.3. The van der Waals surface area contributed by atoms with E-state index in [0.29, 0.717) is 0 Å². The maximum atomic E-state index is 5.94. The summed E-state index contributed by atoms with van der Waals surface area (Å²) < 4.78 is 7.95. The summed E-state index contributed by atoms with van der Waals surface area (Å²) in [6.45, 7) is 9.06. The second-order valence-corrected chi connectivity index (χ2v) is 11.4. The van der Waals surface area contributed by atoms with E-state index in [9.17, 15) is 0 Å². The van der Waals surface area contributed by atoms with Crippen LogP contribution in [-0.2, 0) is 4.74 Å². The number of benzene rings is 2. The van der Waals surface area contributed by atoms with Crippen molar-refractivity contribution in [3.63, 3.8) is 0 Å². The van der Waals surface area contributed by atoms with E-state index in [1.165, 1.54) is 34.2 Å². The molecule has 230 valence electrons. The van der Waals surface area contributed by atoms with Gasteiger partial charge in [-0.2, -0.15) is 10.2 Å². The number of rotatable bonds is 5. The van der Waals surface area contributed by atoms with Gasteiger partial charge in [0.15, 0.2) is 6.23 Å². The van der Waals surface area contributed by atoms with Gasteiger partial charge in [-0.3, -0.25) is 15.1 Å². The summed E-state index contributed by atoms with van der Waals surface area (Å²) in [6.07, 6.45) is 7.24. The number of pyridine rings is 2. The molecular weight excluding hydrogens is 580 g/mol. The van der Waals surface area contributed by atoms with E-state index in [4.69, 9.17) is 9.72 Å². The number of H-pyrrole nitrogens is 1. The third kappa shape index (κ3) is 7.39. The van der Waals surface area contributed by atoms with Gasteiger partial charge in [0.25, 0.3) is 0 Å². The van der Waals surface area contributed by atoms with Gasteiger partial charge in [-0.05, 0) is 93.5 Å². The monoisotopic (exact) mass is 618 g/mol. The van der Waals surface area contributed by atoms with Crippen LogP contribution in [0.1, 0.15) is 48.0 Å². The molecule has 1 fully saturated rings. The Balaban J connectivity index is 0.000000180. The van der Waals surface area contributed by atoms with Crippen molar-refractivity contribution in [2.75, 3.05) is 6.61 Å². The van der Waals surface area contributed by atoms with Crippen molar-refractivity contribution in [2.24, 2.45) is 0 Å². The van der Waals surface area contributed by atoms with Crippen LogP contribution in [-0.4, -0.2) is 36.6 Å². The molecule has 1 aliphatic heterocycles. The molecule has 2 aromatic carbocycles. The number of halogens is 1. The summed E-state index contributed by atoms with van der Waals surface area (Å²) in [5.74, 6) is 0. The molecule has 0 amide bonds. The van der Waals surface area contributed by atoms with Crippen molar-refractivity contribution in [1.29, 1.82) is 0 Å². The number of hydrogen-bond acceptors (Lipinski definition) is 5. The number of aromatic amines is 1. The topological polar surface area (TPSA) is 81.5 Å². The number of nitrogens with zero attached hydrogens (tertiary/aromatic N) is 5. The molecular formula is C37H39ClN6O. The van der Waals surface area contributed by atoms with Crippen LogP contribution in [0.25, 0.3) is 45.0 Å². The third-order valence-electron chi connectivity index (χ3n) is 7.91. The Bertz CT molecular complexity index is 1840. The summed E-state index contributed by atoms with van der Waals surface area (Å²) in [5.41, 5.74) is 13.0. The van der Waals surface area contributed by atoms with E-state index in [-0.39, 0.29) is 18.6 Å². The van der Waals surface area contributed by atoms with E-state index in [1.54, 1.807) is 0 Å². The second-order valence-electron chi connectivity index (χ2n) is 11.4. The fraction of sp³-hybridized carbons (Fsp3) is 0.243. The smallest absolute Gasteiger partial charge is 0.150 e. The van der Waals surface area contributed by atoms with Gasteiger partial charge in [-0.15, -0.1) is 12.4 Å². The van der Waals surface area contributed by atoms with Crippen LogP contribution in [0.15, 0.2) is 97.3 Å². The number of ether oxygens (including phenoxy) is 1. The highest BCUT2D eigenvalue weighted by Gasteiger charge is 2.21. The summed E-state index contributed by atoms with van der Waals surface area (Å²) in [4.78, 5) is 9.26. The molecule has 7 rings (SSSR count). The summed E-state index contributed by atoms with van der Waals surface area (Å²) >= 11 is 0. The fourth-order valence-electron chi connectivity index (χ4n) is 5.63. The van der Waals surface area contributed by atoms with E-state index in [2.05, 4.69) is 88.7 Å². The van der Waals surface area contributed by atoms with Crippen molar-refractivity contribution in [3.05, 3.63) is 120 Å². The van der Waals surface area contributed by atoms with Gasteiger partial charge in [0.05, 0.1) is 22.8 Å². The molecule has 0 aliphatic carbocycles. The SMILES string of the molecule is Cc1cc(-c2cc(C)c(-c3ccccc3)cn2)n(C2CCCCO2)n1.Cc1cc(-c2cc(C)c(-c3ccccc3)cn2)n[nH]1.Cl. The molecule has 6 aromatic rings. The summed E-state index contributed by atoms with van der Waals surface area (Å²) in [7, 11) is 0. The lowest BCUT2D eigenvalue weighted by Gasteiger charge is -2.24. The van der Waals surface area contributed by atoms with Crippen LogP contribution >= 0.6 is 12.4 Å². The molecule has 5 heterocycles. The van der Waals surface area contributed by atoms with Crippen LogP contribution in [0.3, 0.4) is 0 Å². The standard InChI is InChI=1S/C21H23N3O.C16H15N3.ClH/c1-15-12-19(22-14-18(15)17-8-4-3-5-9-17)20-13-16(2)23-24(20)21-10-6-7-11-25-21;1-11-8-15(16-9-12(2)18-19-16)17-10-14(11)13-6-4-3-5-7-13;/h3-5,8-9,12-14,21H,6-7,10-11H2,1-2H3;3-10H,1-2H3,(H,18,19);1H. The van der Waals surface area contributed by atoms with Gasteiger partial charge in [0.1, 0.15) is 5.69 Å². The predicted molar refractivity (Wildman–Crippen MR) is 183 cm³/mol. The molecule has 1 unspecified atom stereocenters. The van der Waals surface area contributed by atoms with Crippen LogP contribution < -0.4 is 0 Å². The summed E-state index contributed by atoms with van der Waals surface area (Å²) in [5, 5.41) is 11.9. The zero-order valence-electron chi connectivity index (χ0n) is 26.2. The molecule has 1 aliphatic rings. The highest BCUT2D eigenvalue weighted by Crippen LogP contribution is 2.31. The van der Waals surface area contributed by atoms with Crippen LogP contribution in [0.4, 0.5) is 0 Å². The van der Waals surface area contributed by atoms with Gasteiger partial charge in [0, 0.05) is 35.8 Å². The van der Waals surface area contributed by atoms with E-state index >= 15 is 0 Å². The Kier molecular flexibility index (Phi) is 10.2. The van der Waals surface area contributed by atoms with Crippen LogP contribution in [0, 0.1) is 27.7 Å². The Morgan fingerprint density at radius 3 is 1.84 bits per heavy atom. The average Bonchev–Trinajstić information content (AvgIpc) is 3.68. The van der Waals surface area contributed by atoms with Gasteiger partial charge >= 0.3 is 0 Å². The lowest BCUT2D eigenvalue weighted by molar-refractivity contribution is -0.0385. The highest BCUT2D eigenvalue weighted by atomic mass is 35.5. The average molecular weight is 619 g/mol. The molecule has 45 heavy (non-hydrogen) atoms. The second kappa shape index (κ2) is 14.5. The number of aromatic nitrogens is 6. The molecule has 0 saturated carbocycles. The van der Waals surface area contributed by atoms with Crippen LogP contribution in [0.5, 0.6) is 0 Å². The lowest BCUT2D eigenvalue weighted by atomic mass is 10.0. The Labute approximate surface area is 271 Å². The van der Waals surface area contributed by atoms with Crippen LogP contribution in [0.2, 0.25) is 0 Å². The van der Waals surface area contributed by atoms with Gasteiger partial charge < -0.3 is 4.74 Å². The number of hydrogen-bond donors (Lipinski definition) is 1. The Morgan fingerprint density at radius 1 is 0.711 bits per heavy atom. The zero-order valence-corrected chi connectivity index (χ0v) is 27.0. The molecule has 1 atom stereocenters. The maximum absolute atomic E-state index is 5.94. The van der Waals surface area contributed by atoms with Gasteiger partial charge in [-0.25, -0.2) is 4.68 Å². The van der Waals surface area contributed by atoms with E-state index < -0.39 is 0 Å². The quantitative estimate of drug-likeness (QED) is 0.208. The molecule has 7 nitrogen and oxygen atoms in total. The number of aryl methyl sites for hydroxylation is 4. The Morgan fingerprint density at radius 2 is 1.31 bits per heavy atom. The minimum atomic E-state index is 0. The first-order chi connectivity index (χ1) is 21.5. The first-order valence-electron chi connectivity index (χ1n) is 15.2. The molecule has 1 saturated heterocycles. The van der Waals surface area contributed by atoms with Crippen molar-refractivity contribution < 1.29 is 4.74 Å². The van der Waals surface area contributed by atoms with Crippen molar-refractivity contribution >= 4 is 12.4 Å². The van der Waals surface area contributed by atoms with Crippen molar-refractivity contribution in [3.8, 4) is 45.0 Å². The zero-order chi connectivity index (χ0) is 30.5. The first-order valence-corrected chi connectivity index (χ1v) is 15.2. The maximum Gasteiger partial charge on any atom is 0.150 e. The predicted octanol–water partition coefficient (Wildman–Crippen LogP) is 9.11. The van der Waals surface area contributed by atoms with Gasteiger partial charge in [-0.1, -0.05) is 60.7 Å². The molecule has 8 heteroatoms. The van der Waals surface area contributed by atoms with Gasteiger partial charge in [0.2, 0.25) is 0 Å².